The lowest BCUT2D eigenvalue weighted by molar-refractivity contribution is 0.524. The van der Waals surface area contributed by atoms with Crippen LogP contribution in [0.4, 0.5) is 5.82 Å². The lowest BCUT2D eigenvalue weighted by atomic mass is 10.0. The molecule has 0 radical (unpaired) electrons. The molecule has 0 bridgehead atoms. The van der Waals surface area contributed by atoms with Crippen molar-refractivity contribution in [3.8, 4) is 0 Å². The number of benzene rings is 1. The lowest BCUT2D eigenvalue weighted by Crippen LogP contribution is -2.16. The maximum absolute atomic E-state index is 5.86. The molecule has 2 aromatic rings. The van der Waals surface area contributed by atoms with Gasteiger partial charge in [-0.2, -0.15) is 0 Å². The van der Waals surface area contributed by atoms with Crippen molar-refractivity contribution in [3.05, 3.63) is 36.5 Å². The van der Waals surface area contributed by atoms with Crippen LogP contribution in [0.25, 0.3) is 10.8 Å². The van der Waals surface area contributed by atoms with Gasteiger partial charge in [0.05, 0.1) is 0 Å². The highest BCUT2D eigenvalue weighted by atomic mass is 35.5. The standard InChI is InChI=1S/C15H17ClN2/c16-9-8-15(6-7-15)11-18-14-13-4-2-1-3-12(13)5-10-17-14/h1-5,10H,6-9,11H2,(H,17,18). The molecule has 0 saturated heterocycles. The SMILES string of the molecule is ClCCC1(CNc2nccc3ccccc23)CC1. The Hall–Kier alpha value is -1.28. The zero-order chi connectivity index (χ0) is 12.4. The number of nitrogens with one attached hydrogen (secondary N) is 1. The zero-order valence-electron chi connectivity index (χ0n) is 10.3. The summed E-state index contributed by atoms with van der Waals surface area (Å²) in [5.74, 6) is 1.75. The van der Waals surface area contributed by atoms with E-state index in [0.29, 0.717) is 5.41 Å². The zero-order valence-corrected chi connectivity index (χ0v) is 11.1. The molecule has 3 rings (SSSR count). The van der Waals surface area contributed by atoms with Crippen LogP contribution in [0.5, 0.6) is 0 Å². The highest BCUT2D eigenvalue weighted by molar-refractivity contribution is 6.17. The molecule has 1 N–H and O–H groups in total. The first-order chi connectivity index (χ1) is 8.83. The Labute approximate surface area is 112 Å². The third kappa shape index (κ3) is 2.30. The Morgan fingerprint density at radius 3 is 2.83 bits per heavy atom. The van der Waals surface area contributed by atoms with Gasteiger partial charge in [-0.15, -0.1) is 11.6 Å². The number of hydrogen-bond donors (Lipinski definition) is 1. The first-order valence-electron chi connectivity index (χ1n) is 6.47. The van der Waals surface area contributed by atoms with Gasteiger partial charge in [0.25, 0.3) is 0 Å². The van der Waals surface area contributed by atoms with Crippen LogP contribution in [0.3, 0.4) is 0 Å². The monoisotopic (exact) mass is 260 g/mol. The second-order valence-electron chi connectivity index (χ2n) is 5.17. The van der Waals surface area contributed by atoms with Crippen molar-refractivity contribution in [1.29, 1.82) is 0 Å². The van der Waals surface area contributed by atoms with Crippen LogP contribution < -0.4 is 5.32 Å². The highest BCUT2D eigenvalue weighted by Gasteiger charge is 2.41. The number of hydrogen-bond acceptors (Lipinski definition) is 2. The fourth-order valence-corrected chi connectivity index (χ4v) is 2.83. The first kappa shape index (κ1) is 11.8. The van der Waals surface area contributed by atoms with Gasteiger partial charge in [0, 0.05) is 24.0 Å². The van der Waals surface area contributed by atoms with Gasteiger partial charge >= 0.3 is 0 Å². The summed E-state index contributed by atoms with van der Waals surface area (Å²) in [4.78, 5) is 4.45. The maximum atomic E-state index is 5.86. The van der Waals surface area contributed by atoms with Crippen LogP contribution in [0.1, 0.15) is 19.3 Å². The first-order valence-corrected chi connectivity index (χ1v) is 7.00. The molecule has 1 aliphatic carbocycles. The van der Waals surface area contributed by atoms with E-state index in [1.165, 1.54) is 23.6 Å². The molecule has 2 nitrogen and oxygen atoms in total. The molecule has 1 saturated carbocycles. The van der Waals surface area contributed by atoms with Gasteiger partial charge in [0.2, 0.25) is 0 Å². The van der Waals surface area contributed by atoms with E-state index in [-0.39, 0.29) is 0 Å². The summed E-state index contributed by atoms with van der Waals surface area (Å²) < 4.78 is 0. The number of aromatic nitrogens is 1. The van der Waals surface area contributed by atoms with E-state index in [1.54, 1.807) is 0 Å². The molecule has 1 fully saturated rings. The van der Waals surface area contributed by atoms with Crippen molar-refractivity contribution in [2.24, 2.45) is 5.41 Å². The summed E-state index contributed by atoms with van der Waals surface area (Å²) >= 11 is 5.86. The second-order valence-corrected chi connectivity index (χ2v) is 5.55. The smallest absolute Gasteiger partial charge is 0.133 e. The number of halogens is 1. The third-order valence-corrected chi connectivity index (χ3v) is 4.08. The molecule has 0 aliphatic heterocycles. The van der Waals surface area contributed by atoms with Gasteiger partial charge in [0.15, 0.2) is 0 Å². The number of anilines is 1. The number of rotatable bonds is 5. The molecular weight excluding hydrogens is 244 g/mol. The topological polar surface area (TPSA) is 24.9 Å². The molecule has 0 amide bonds. The average molecular weight is 261 g/mol. The second kappa shape index (κ2) is 4.77. The Kier molecular flexibility index (Phi) is 3.13. The van der Waals surface area contributed by atoms with E-state index in [2.05, 4.69) is 34.6 Å². The Bertz CT molecular complexity index is 544. The fraction of sp³-hybridized carbons (Fsp3) is 0.400. The number of fused-ring (bicyclic) bond motifs is 1. The van der Waals surface area contributed by atoms with E-state index < -0.39 is 0 Å². The van der Waals surface area contributed by atoms with E-state index in [1.807, 2.05) is 12.3 Å². The summed E-state index contributed by atoms with van der Waals surface area (Å²) in [6, 6.07) is 10.4. The summed E-state index contributed by atoms with van der Waals surface area (Å²) in [6.45, 7) is 0.987. The molecule has 0 unspecified atom stereocenters. The summed E-state index contributed by atoms with van der Waals surface area (Å²) in [6.07, 6.45) is 5.55. The third-order valence-electron chi connectivity index (χ3n) is 3.89. The number of nitrogens with zero attached hydrogens (tertiary/aromatic N) is 1. The Morgan fingerprint density at radius 1 is 1.22 bits per heavy atom. The van der Waals surface area contributed by atoms with E-state index in [0.717, 1.165) is 24.7 Å². The van der Waals surface area contributed by atoms with Gasteiger partial charge in [0.1, 0.15) is 5.82 Å². The molecule has 0 spiro atoms. The molecule has 1 aromatic heterocycles. The van der Waals surface area contributed by atoms with Crippen molar-refractivity contribution in [2.45, 2.75) is 19.3 Å². The minimum Gasteiger partial charge on any atom is -0.369 e. The van der Waals surface area contributed by atoms with Crippen LogP contribution in [0, 0.1) is 5.41 Å². The molecular formula is C15H17ClN2. The molecule has 0 atom stereocenters. The lowest BCUT2D eigenvalue weighted by Gasteiger charge is -2.15. The maximum Gasteiger partial charge on any atom is 0.133 e. The van der Waals surface area contributed by atoms with Gasteiger partial charge < -0.3 is 5.32 Å². The van der Waals surface area contributed by atoms with Crippen molar-refractivity contribution in [1.82, 2.24) is 4.98 Å². The van der Waals surface area contributed by atoms with Gasteiger partial charge in [-0.05, 0) is 36.1 Å². The van der Waals surface area contributed by atoms with Crippen molar-refractivity contribution in [3.63, 3.8) is 0 Å². The number of alkyl halides is 1. The molecule has 1 aliphatic rings. The van der Waals surface area contributed by atoms with Crippen LogP contribution in [0.2, 0.25) is 0 Å². The van der Waals surface area contributed by atoms with Crippen LogP contribution in [0.15, 0.2) is 36.5 Å². The molecule has 1 heterocycles. The van der Waals surface area contributed by atoms with Crippen molar-refractivity contribution >= 4 is 28.2 Å². The Balaban J connectivity index is 1.79. The van der Waals surface area contributed by atoms with Crippen LogP contribution in [-0.4, -0.2) is 17.4 Å². The van der Waals surface area contributed by atoms with Gasteiger partial charge in [-0.1, -0.05) is 24.3 Å². The molecule has 1 aromatic carbocycles. The molecule has 94 valence electrons. The summed E-state index contributed by atoms with van der Waals surface area (Å²) in [5.41, 5.74) is 0.431. The Morgan fingerprint density at radius 2 is 2.06 bits per heavy atom. The van der Waals surface area contributed by atoms with E-state index in [4.69, 9.17) is 11.6 Å². The summed E-state index contributed by atoms with van der Waals surface area (Å²) in [5, 5.41) is 5.93. The van der Waals surface area contributed by atoms with Crippen LogP contribution in [-0.2, 0) is 0 Å². The quantitative estimate of drug-likeness (QED) is 0.821. The van der Waals surface area contributed by atoms with Gasteiger partial charge in [-0.25, -0.2) is 4.98 Å². The number of pyridine rings is 1. The average Bonchev–Trinajstić information content (AvgIpc) is 3.17. The van der Waals surface area contributed by atoms with Crippen LogP contribution >= 0.6 is 11.6 Å². The molecule has 3 heteroatoms. The van der Waals surface area contributed by atoms with E-state index in [9.17, 15) is 0 Å². The van der Waals surface area contributed by atoms with Crippen molar-refractivity contribution < 1.29 is 0 Å². The molecule has 18 heavy (non-hydrogen) atoms. The predicted octanol–water partition coefficient (Wildman–Crippen LogP) is 4.06. The van der Waals surface area contributed by atoms with Gasteiger partial charge in [-0.3, -0.25) is 0 Å². The normalized spacial score (nSPS) is 16.7. The van der Waals surface area contributed by atoms with Crippen molar-refractivity contribution in [2.75, 3.05) is 17.7 Å². The fourth-order valence-electron chi connectivity index (χ4n) is 2.42. The largest absolute Gasteiger partial charge is 0.369 e. The highest BCUT2D eigenvalue weighted by Crippen LogP contribution is 2.49. The minimum atomic E-state index is 0.431. The minimum absolute atomic E-state index is 0.431. The predicted molar refractivity (Wildman–Crippen MR) is 77.2 cm³/mol. The summed E-state index contributed by atoms with van der Waals surface area (Å²) in [7, 11) is 0. The van der Waals surface area contributed by atoms with E-state index >= 15 is 0 Å².